The SMILES string of the molecule is CN(CC(N)=O)c1cc(F)cc(F)c1N. The number of carbonyl (C=O) groups excluding carboxylic acids is 1. The standard InChI is InChI=1S/C9H11F2N3O/c1-14(4-8(12)15)7-3-5(10)2-6(11)9(7)13/h2-3H,4,13H2,1H3,(H2,12,15). The summed E-state index contributed by atoms with van der Waals surface area (Å²) in [5, 5.41) is 0. The topological polar surface area (TPSA) is 72.3 Å². The smallest absolute Gasteiger partial charge is 0.236 e. The quantitative estimate of drug-likeness (QED) is 0.720. The van der Waals surface area contributed by atoms with Gasteiger partial charge < -0.3 is 16.4 Å². The number of nitrogen functional groups attached to an aromatic ring is 1. The predicted molar refractivity (Wildman–Crippen MR) is 53.2 cm³/mol. The molecule has 0 saturated carbocycles. The van der Waals surface area contributed by atoms with E-state index in [1.807, 2.05) is 0 Å². The summed E-state index contributed by atoms with van der Waals surface area (Å²) in [5.74, 6) is -2.23. The first-order valence-electron chi connectivity index (χ1n) is 4.15. The molecule has 0 saturated heterocycles. The zero-order valence-corrected chi connectivity index (χ0v) is 8.13. The average molecular weight is 215 g/mol. The van der Waals surface area contributed by atoms with Crippen molar-refractivity contribution >= 4 is 17.3 Å². The van der Waals surface area contributed by atoms with E-state index in [1.165, 1.54) is 11.9 Å². The van der Waals surface area contributed by atoms with Gasteiger partial charge in [0.05, 0.1) is 17.9 Å². The Bertz CT molecular complexity index is 395. The van der Waals surface area contributed by atoms with Crippen molar-refractivity contribution in [3.63, 3.8) is 0 Å². The summed E-state index contributed by atoms with van der Waals surface area (Å²) in [6, 6.07) is 1.72. The van der Waals surface area contributed by atoms with Crippen LogP contribution in [0, 0.1) is 11.6 Å². The van der Waals surface area contributed by atoms with E-state index >= 15 is 0 Å². The maximum Gasteiger partial charge on any atom is 0.236 e. The first-order valence-corrected chi connectivity index (χ1v) is 4.15. The molecule has 1 aromatic carbocycles. The van der Waals surface area contributed by atoms with Gasteiger partial charge in [0.25, 0.3) is 0 Å². The van der Waals surface area contributed by atoms with Gasteiger partial charge in [-0.05, 0) is 6.07 Å². The van der Waals surface area contributed by atoms with E-state index in [1.54, 1.807) is 0 Å². The molecular formula is C9H11F2N3O. The molecule has 0 fully saturated rings. The third-order valence-corrected chi connectivity index (χ3v) is 1.88. The molecule has 82 valence electrons. The number of likely N-dealkylation sites (N-methyl/N-ethyl adjacent to an activating group) is 1. The minimum Gasteiger partial charge on any atom is -0.395 e. The number of primary amides is 1. The number of nitrogens with zero attached hydrogens (tertiary/aromatic N) is 1. The van der Waals surface area contributed by atoms with Crippen LogP contribution in [0.4, 0.5) is 20.2 Å². The molecule has 15 heavy (non-hydrogen) atoms. The van der Waals surface area contributed by atoms with Crippen molar-refractivity contribution in [3.05, 3.63) is 23.8 Å². The summed E-state index contributed by atoms with van der Waals surface area (Å²) in [6.45, 7) is -0.160. The van der Waals surface area contributed by atoms with Crippen molar-refractivity contribution in [1.29, 1.82) is 0 Å². The largest absolute Gasteiger partial charge is 0.395 e. The Hall–Kier alpha value is -1.85. The van der Waals surface area contributed by atoms with Crippen molar-refractivity contribution in [2.75, 3.05) is 24.2 Å². The third-order valence-electron chi connectivity index (χ3n) is 1.88. The second-order valence-corrected chi connectivity index (χ2v) is 3.14. The predicted octanol–water partition coefficient (Wildman–Crippen LogP) is 0.468. The number of anilines is 2. The molecule has 0 aliphatic rings. The van der Waals surface area contributed by atoms with E-state index in [2.05, 4.69) is 0 Å². The molecule has 0 aromatic heterocycles. The van der Waals surface area contributed by atoms with Gasteiger partial charge in [0, 0.05) is 13.1 Å². The zero-order valence-electron chi connectivity index (χ0n) is 8.13. The highest BCUT2D eigenvalue weighted by molar-refractivity contribution is 5.81. The normalized spacial score (nSPS) is 10.1. The molecule has 0 aliphatic heterocycles. The van der Waals surface area contributed by atoms with Gasteiger partial charge in [0.2, 0.25) is 5.91 Å². The first-order chi connectivity index (χ1) is 6.91. The van der Waals surface area contributed by atoms with Crippen molar-refractivity contribution < 1.29 is 13.6 Å². The van der Waals surface area contributed by atoms with Gasteiger partial charge in [-0.3, -0.25) is 4.79 Å². The molecule has 1 aromatic rings. The molecule has 0 aliphatic carbocycles. The maximum absolute atomic E-state index is 13.0. The maximum atomic E-state index is 13.0. The number of hydrogen-bond donors (Lipinski definition) is 2. The van der Waals surface area contributed by atoms with Crippen molar-refractivity contribution in [1.82, 2.24) is 0 Å². The molecular weight excluding hydrogens is 204 g/mol. The van der Waals surface area contributed by atoms with Gasteiger partial charge in [-0.15, -0.1) is 0 Å². The average Bonchev–Trinajstić information content (AvgIpc) is 2.09. The molecule has 0 atom stereocenters. The van der Waals surface area contributed by atoms with Crippen LogP contribution in [-0.2, 0) is 4.79 Å². The lowest BCUT2D eigenvalue weighted by atomic mass is 10.2. The van der Waals surface area contributed by atoms with Gasteiger partial charge in [0.1, 0.15) is 5.82 Å². The lowest BCUT2D eigenvalue weighted by Gasteiger charge is -2.19. The third kappa shape index (κ3) is 2.55. The number of hydrogen-bond acceptors (Lipinski definition) is 3. The van der Waals surface area contributed by atoms with Gasteiger partial charge in [0.15, 0.2) is 5.82 Å². The lowest BCUT2D eigenvalue weighted by molar-refractivity contribution is -0.116. The molecule has 1 amide bonds. The number of nitrogens with two attached hydrogens (primary N) is 2. The van der Waals surface area contributed by atoms with E-state index in [-0.39, 0.29) is 17.9 Å². The van der Waals surface area contributed by atoms with Crippen LogP contribution in [0.25, 0.3) is 0 Å². The first kappa shape index (κ1) is 11.2. The van der Waals surface area contributed by atoms with Crippen LogP contribution in [-0.4, -0.2) is 19.5 Å². The number of amides is 1. The van der Waals surface area contributed by atoms with Crippen LogP contribution in [0.2, 0.25) is 0 Å². The molecule has 0 radical (unpaired) electrons. The fourth-order valence-corrected chi connectivity index (χ4v) is 1.21. The Labute approximate surface area is 85.5 Å². The Morgan fingerprint density at radius 3 is 2.60 bits per heavy atom. The molecule has 1 rings (SSSR count). The molecule has 0 bridgehead atoms. The van der Waals surface area contributed by atoms with E-state index < -0.39 is 17.5 Å². The lowest BCUT2D eigenvalue weighted by Crippen LogP contribution is -2.31. The molecule has 4 N–H and O–H groups in total. The van der Waals surface area contributed by atoms with Crippen molar-refractivity contribution in [3.8, 4) is 0 Å². The second kappa shape index (κ2) is 4.12. The van der Waals surface area contributed by atoms with Crippen LogP contribution in [0.15, 0.2) is 12.1 Å². The highest BCUT2D eigenvalue weighted by Crippen LogP contribution is 2.25. The van der Waals surface area contributed by atoms with Crippen LogP contribution in [0.3, 0.4) is 0 Å². The number of carbonyl (C=O) groups is 1. The monoisotopic (exact) mass is 215 g/mol. The fraction of sp³-hybridized carbons (Fsp3) is 0.222. The second-order valence-electron chi connectivity index (χ2n) is 3.14. The summed E-state index contributed by atoms with van der Waals surface area (Å²) < 4.78 is 25.9. The summed E-state index contributed by atoms with van der Waals surface area (Å²) in [4.78, 5) is 11.9. The molecule has 0 spiro atoms. The Morgan fingerprint density at radius 1 is 1.47 bits per heavy atom. The number of benzene rings is 1. The van der Waals surface area contributed by atoms with Gasteiger partial charge in [-0.25, -0.2) is 8.78 Å². The van der Waals surface area contributed by atoms with Crippen molar-refractivity contribution in [2.45, 2.75) is 0 Å². The van der Waals surface area contributed by atoms with Crippen LogP contribution in [0.5, 0.6) is 0 Å². The Kier molecular flexibility index (Phi) is 3.08. The van der Waals surface area contributed by atoms with E-state index in [0.717, 1.165) is 6.07 Å². The summed E-state index contributed by atoms with van der Waals surface area (Å²) in [7, 11) is 1.47. The van der Waals surface area contributed by atoms with Gasteiger partial charge >= 0.3 is 0 Å². The zero-order chi connectivity index (χ0) is 11.6. The molecule has 0 unspecified atom stereocenters. The highest BCUT2D eigenvalue weighted by Gasteiger charge is 2.13. The van der Waals surface area contributed by atoms with Crippen LogP contribution in [0.1, 0.15) is 0 Å². The van der Waals surface area contributed by atoms with Crippen LogP contribution >= 0.6 is 0 Å². The summed E-state index contributed by atoms with van der Waals surface area (Å²) in [6.07, 6.45) is 0. The Morgan fingerprint density at radius 2 is 2.07 bits per heavy atom. The molecule has 0 heterocycles. The molecule has 6 heteroatoms. The minimum atomic E-state index is -0.860. The van der Waals surface area contributed by atoms with Gasteiger partial charge in [-0.2, -0.15) is 0 Å². The van der Waals surface area contributed by atoms with Crippen LogP contribution < -0.4 is 16.4 Å². The number of halogens is 2. The molecule has 4 nitrogen and oxygen atoms in total. The van der Waals surface area contributed by atoms with E-state index in [9.17, 15) is 13.6 Å². The minimum absolute atomic E-state index is 0.103. The highest BCUT2D eigenvalue weighted by atomic mass is 19.1. The summed E-state index contributed by atoms with van der Waals surface area (Å²) >= 11 is 0. The Balaban J connectivity index is 3.07. The fourth-order valence-electron chi connectivity index (χ4n) is 1.21. The number of rotatable bonds is 3. The van der Waals surface area contributed by atoms with E-state index in [4.69, 9.17) is 11.5 Å². The van der Waals surface area contributed by atoms with Crippen molar-refractivity contribution in [2.24, 2.45) is 5.73 Å². The van der Waals surface area contributed by atoms with Gasteiger partial charge in [-0.1, -0.05) is 0 Å². The van der Waals surface area contributed by atoms with E-state index in [0.29, 0.717) is 6.07 Å². The summed E-state index contributed by atoms with van der Waals surface area (Å²) in [5.41, 5.74) is 10.2.